The Morgan fingerprint density at radius 2 is 1.93 bits per heavy atom. The van der Waals surface area contributed by atoms with Crippen molar-refractivity contribution in [2.75, 3.05) is 18.4 Å². The third-order valence-electron chi connectivity index (χ3n) is 4.46. The van der Waals surface area contributed by atoms with Gasteiger partial charge in [-0.05, 0) is 37.3 Å². The fraction of sp³-hybridized carbons (Fsp3) is 0.300. The van der Waals surface area contributed by atoms with Crippen LogP contribution in [0.15, 0.2) is 51.7 Å². The summed E-state index contributed by atoms with van der Waals surface area (Å²) in [7, 11) is -3.65. The second-order valence-corrected chi connectivity index (χ2v) is 11.4. The summed E-state index contributed by atoms with van der Waals surface area (Å²) in [6, 6.07) is 12.1. The number of thioether (sulfide) groups is 1. The fourth-order valence-electron chi connectivity index (χ4n) is 2.81. The Morgan fingerprint density at radius 1 is 1.23 bits per heavy atom. The molecule has 3 aromatic rings. The summed E-state index contributed by atoms with van der Waals surface area (Å²) in [5.41, 5.74) is 1.17. The highest BCUT2D eigenvalue weighted by molar-refractivity contribution is 8.02. The monoisotopic (exact) mass is 483 g/mol. The molecular weight excluding hydrogens is 462 g/mol. The lowest BCUT2D eigenvalue weighted by Gasteiger charge is -2.19. The zero-order chi connectivity index (χ0) is 21.9. The molecule has 1 aromatic heterocycles. The van der Waals surface area contributed by atoms with Crippen LogP contribution in [0.4, 0.5) is 5.69 Å². The van der Waals surface area contributed by atoms with E-state index in [4.69, 9.17) is 11.6 Å². The number of hydrogen-bond acceptors (Lipinski definition) is 6. The predicted molar refractivity (Wildman–Crippen MR) is 125 cm³/mol. The molecule has 0 saturated carbocycles. The number of carbonyl (C=O) groups is 1. The molecule has 1 N–H and O–H groups in total. The molecule has 0 aliphatic rings. The summed E-state index contributed by atoms with van der Waals surface area (Å²) in [6.07, 6.45) is 0. The van der Waals surface area contributed by atoms with Crippen molar-refractivity contribution in [3.8, 4) is 0 Å². The van der Waals surface area contributed by atoms with Crippen molar-refractivity contribution in [2.24, 2.45) is 0 Å². The van der Waals surface area contributed by atoms with Gasteiger partial charge in [-0.15, -0.1) is 11.3 Å². The minimum Gasteiger partial charge on any atom is -0.324 e. The molecule has 0 aliphatic carbocycles. The molecule has 0 fully saturated rings. The third-order valence-corrected chi connectivity index (χ3v) is 9.07. The maximum Gasteiger partial charge on any atom is 0.243 e. The number of benzene rings is 2. The van der Waals surface area contributed by atoms with Crippen LogP contribution in [0.2, 0.25) is 5.02 Å². The normalized spacial score (nSPS) is 13.0. The summed E-state index contributed by atoms with van der Waals surface area (Å²) in [5, 5.41) is 2.59. The largest absolute Gasteiger partial charge is 0.324 e. The zero-order valence-corrected chi connectivity index (χ0v) is 20.0. The van der Waals surface area contributed by atoms with E-state index in [1.165, 1.54) is 45.6 Å². The van der Waals surface area contributed by atoms with Gasteiger partial charge in [0.15, 0.2) is 4.34 Å². The summed E-state index contributed by atoms with van der Waals surface area (Å²) in [6.45, 7) is 6.05. The number of fused-ring (bicyclic) bond motifs is 1. The number of aromatic nitrogens is 1. The Bertz CT molecular complexity index is 1130. The van der Waals surface area contributed by atoms with Gasteiger partial charge < -0.3 is 5.32 Å². The van der Waals surface area contributed by atoms with Crippen molar-refractivity contribution in [1.82, 2.24) is 9.29 Å². The third kappa shape index (κ3) is 4.97. The molecule has 0 unspecified atom stereocenters. The molecule has 1 amide bonds. The smallest absolute Gasteiger partial charge is 0.243 e. The molecule has 1 heterocycles. The van der Waals surface area contributed by atoms with Crippen molar-refractivity contribution in [1.29, 1.82) is 0 Å². The molecule has 3 rings (SSSR count). The van der Waals surface area contributed by atoms with E-state index in [0.29, 0.717) is 13.1 Å². The number of carbonyl (C=O) groups excluding carboxylic acids is 1. The molecular formula is C20H22ClN3O3S3. The molecule has 30 heavy (non-hydrogen) atoms. The van der Waals surface area contributed by atoms with Crippen LogP contribution >= 0.6 is 34.7 Å². The van der Waals surface area contributed by atoms with E-state index in [0.717, 1.165) is 14.6 Å². The number of sulfonamides is 1. The van der Waals surface area contributed by atoms with Crippen LogP contribution in [0.5, 0.6) is 0 Å². The number of rotatable bonds is 8. The minimum absolute atomic E-state index is 0.0948. The van der Waals surface area contributed by atoms with E-state index in [1.54, 1.807) is 20.8 Å². The van der Waals surface area contributed by atoms with Crippen molar-refractivity contribution in [2.45, 2.75) is 35.3 Å². The summed E-state index contributed by atoms with van der Waals surface area (Å²) in [4.78, 5) is 17.3. The molecule has 0 radical (unpaired) electrons. The zero-order valence-electron chi connectivity index (χ0n) is 16.8. The number of amides is 1. The van der Waals surface area contributed by atoms with Crippen LogP contribution in [-0.2, 0) is 14.8 Å². The minimum atomic E-state index is -3.65. The second kappa shape index (κ2) is 9.65. The van der Waals surface area contributed by atoms with Gasteiger partial charge in [-0.2, -0.15) is 4.31 Å². The van der Waals surface area contributed by atoms with Crippen LogP contribution < -0.4 is 5.32 Å². The number of thiazole rings is 1. The Kier molecular flexibility index (Phi) is 7.41. The first-order valence-electron chi connectivity index (χ1n) is 9.39. The van der Waals surface area contributed by atoms with Crippen molar-refractivity contribution in [3.05, 3.63) is 47.5 Å². The molecule has 0 aliphatic heterocycles. The van der Waals surface area contributed by atoms with Gasteiger partial charge >= 0.3 is 0 Å². The first-order valence-corrected chi connectivity index (χ1v) is 12.9. The van der Waals surface area contributed by atoms with Crippen LogP contribution in [0.25, 0.3) is 10.2 Å². The van der Waals surface area contributed by atoms with E-state index in [9.17, 15) is 13.2 Å². The van der Waals surface area contributed by atoms with E-state index in [-0.39, 0.29) is 21.5 Å². The second-order valence-electron chi connectivity index (χ2n) is 6.43. The topological polar surface area (TPSA) is 79.4 Å². The molecule has 2 aromatic carbocycles. The average Bonchev–Trinajstić information content (AvgIpc) is 3.12. The van der Waals surface area contributed by atoms with Crippen LogP contribution in [0.1, 0.15) is 20.8 Å². The Balaban J connectivity index is 1.77. The number of hydrogen-bond donors (Lipinski definition) is 1. The standard InChI is InChI=1S/C20H22ClN3O3S3/c1-4-24(5-2)30(26,27)14-10-11-15(21)17(12-14)22-19(25)13(3)28-20-23-16-8-6-7-9-18(16)29-20/h6-13H,4-5H2,1-3H3,(H,22,25)/t13-/m0/s1. The first kappa shape index (κ1) is 23.0. The average molecular weight is 484 g/mol. The number of nitrogens with one attached hydrogen (secondary N) is 1. The molecule has 0 bridgehead atoms. The van der Waals surface area contributed by atoms with Gasteiger partial charge in [0, 0.05) is 13.1 Å². The highest BCUT2D eigenvalue weighted by atomic mass is 35.5. The lowest BCUT2D eigenvalue weighted by molar-refractivity contribution is -0.115. The Labute approximate surface area is 189 Å². The van der Waals surface area contributed by atoms with Crippen LogP contribution in [0.3, 0.4) is 0 Å². The van der Waals surface area contributed by atoms with Crippen LogP contribution in [-0.4, -0.2) is 42.0 Å². The maximum atomic E-state index is 12.8. The van der Waals surface area contributed by atoms with E-state index < -0.39 is 15.3 Å². The van der Waals surface area contributed by atoms with Crippen molar-refractivity contribution < 1.29 is 13.2 Å². The Hall–Kier alpha value is -1.65. The summed E-state index contributed by atoms with van der Waals surface area (Å²) in [5.74, 6) is -0.279. The first-order chi connectivity index (χ1) is 14.3. The van der Waals surface area contributed by atoms with Crippen molar-refractivity contribution in [3.63, 3.8) is 0 Å². The molecule has 160 valence electrons. The summed E-state index contributed by atoms with van der Waals surface area (Å²) >= 11 is 9.09. The quantitative estimate of drug-likeness (QED) is 0.451. The van der Waals surface area contributed by atoms with E-state index >= 15 is 0 Å². The number of para-hydroxylation sites is 1. The van der Waals surface area contributed by atoms with E-state index in [2.05, 4.69) is 10.3 Å². The molecule has 10 heteroatoms. The fourth-order valence-corrected chi connectivity index (χ4v) is 6.67. The molecule has 1 atom stereocenters. The number of anilines is 1. The van der Waals surface area contributed by atoms with Gasteiger partial charge in [0.1, 0.15) is 0 Å². The van der Waals surface area contributed by atoms with Gasteiger partial charge in [-0.1, -0.05) is 49.3 Å². The van der Waals surface area contributed by atoms with Gasteiger partial charge in [0.05, 0.1) is 31.1 Å². The van der Waals surface area contributed by atoms with Crippen molar-refractivity contribution >= 4 is 66.5 Å². The highest BCUT2D eigenvalue weighted by Crippen LogP contribution is 2.33. The SMILES string of the molecule is CCN(CC)S(=O)(=O)c1ccc(Cl)c(NC(=O)[C@H](C)Sc2nc3ccccc3s2)c1. The molecule has 0 saturated heterocycles. The molecule has 0 spiro atoms. The van der Waals surface area contributed by atoms with Gasteiger partial charge in [-0.3, -0.25) is 4.79 Å². The Morgan fingerprint density at radius 3 is 2.60 bits per heavy atom. The highest BCUT2D eigenvalue weighted by Gasteiger charge is 2.24. The molecule has 6 nitrogen and oxygen atoms in total. The van der Waals surface area contributed by atoms with Crippen LogP contribution in [0, 0.1) is 0 Å². The van der Waals surface area contributed by atoms with Gasteiger partial charge in [0.25, 0.3) is 0 Å². The van der Waals surface area contributed by atoms with Gasteiger partial charge in [0.2, 0.25) is 15.9 Å². The maximum absolute atomic E-state index is 12.8. The van der Waals surface area contributed by atoms with Gasteiger partial charge in [-0.25, -0.2) is 13.4 Å². The summed E-state index contributed by atoms with van der Waals surface area (Å²) < 4.78 is 28.7. The lowest BCUT2D eigenvalue weighted by atomic mass is 10.3. The number of halogens is 1. The predicted octanol–water partition coefficient (Wildman–Crippen LogP) is 5.10. The van der Waals surface area contributed by atoms with E-state index in [1.807, 2.05) is 24.3 Å². The lowest BCUT2D eigenvalue weighted by Crippen LogP contribution is -2.30. The number of nitrogens with zero attached hydrogens (tertiary/aromatic N) is 2.